The van der Waals surface area contributed by atoms with Gasteiger partial charge in [0.05, 0.1) is 25.1 Å². The fourth-order valence-corrected chi connectivity index (χ4v) is 7.65. The number of rotatable bonds is 11. The minimum absolute atomic E-state index is 0.121. The molecule has 1 unspecified atom stereocenters. The first-order chi connectivity index (χ1) is 22.8. The van der Waals surface area contributed by atoms with Gasteiger partial charge in [0.1, 0.15) is 24.1 Å². The molecule has 0 saturated carbocycles. The van der Waals surface area contributed by atoms with E-state index in [0.717, 1.165) is 35.1 Å². The van der Waals surface area contributed by atoms with Crippen LogP contribution in [-0.2, 0) is 31.7 Å². The van der Waals surface area contributed by atoms with Crippen LogP contribution in [0.25, 0.3) is 11.1 Å². The molecule has 2 amide bonds. The first-order valence-corrected chi connectivity index (χ1v) is 19.9. The summed E-state index contributed by atoms with van der Waals surface area (Å²) in [4.78, 5) is 28.7. The number of aryl methyl sites for hydroxylation is 1. The third kappa shape index (κ3) is 7.47. The van der Waals surface area contributed by atoms with E-state index in [1.165, 1.54) is 0 Å². The lowest BCUT2D eigenvalue weighted by atomic mass is 9.99. The van der Waals surface area contributed by atoms with E-state index in [0.29, 0.717) is 42.2 Å². The second-order valence-electron chi connectivity index (χ2n) is 14.9. The van der Waals surface area contributed by atoms with Crippen LogP contribution in [0.1, 0.15) is 51.2 Å². The molecule has 0 aliphatic carbocycles. The van der Waals surface area contributed by atoms with Crippen LogP contribution in [0.2, 0.25) is 18.1 Å². The number of hydrogen-bond acceptors (Lipinski definition) is 7. The minimum Gasteiger partial charge on any atom is -0.495 e. The third-order valence-electron chi connectivity index (χ3n) is 10.6. The SMILES string of the molecule is COc1cc(CO[Si](C)(C)C(C)(C)C)ccc1NC(=O)CCc1ccc(-c2ccccc2)c(NC(=O)OC2C[C@@H]3[C@H]4O[C@H]4[C@H](C2)N3C)c1. The maximum absolute atomic E-state index is 13.2. The second-order valence-corrected chi connectivity index (χ2v) is 19.7. The first kappa shape index (κ1) is 34.2. The number of likely N-dealkylation sites (N-methyl/N-ethyl adjacent to an activating group) is 1. The van der Waals surface area contributed by atoms with Crippen molar-refractivity contribution in [2.24, 2.45) is 0 Å². The van der Waals surface area contributed by atoms with E-state index in [1.54, 1.807) is 7.11 Å². The summed E-state index contributed by atoms with van der Waals surface area (Å²) in [5, 5.41) is 6.15. The molecule has 5 atom stereocenters. The van der Waals surface area contributed by atoms with Gasteiger partial charge in [0.15, 0.2) is 8.32 Å². The van der Waals surface area contributed by atoms with Crippen LogP contribution in [0.4, 0.5) is 16.2 Å². The summed E-state index contributed by atoms with van der Waals surface area (Å²) in [5.74, 6) is 0.470. The Bertz CT molecular complexity index is 1620. The Hall–Kier alpha value is -3.70. The number of nitrogens with zero attached hydrogens (tertiary/aromatic N) is 1. The zero-order chi connectivity index (χ0) is 34.2. The Kier molecular flexibility index (Phi) is 9.73. The van der Waals surface area contributed by atoms with Gasteiger partial charge in [-0.05, 0) is 66.5 Å². The first-order valence-electron chi connectivity index (χ1n) is 17.0. The molecule has 3 heterocycles. The van der Waals surface area contributed by atoms with Gasteiger partial charge >= 0.3 is 6.09 Å². The highest BCUT2D eigenvalue weighted by molar-refractivity contribution is 6.74. The number of hydrogen-bond donors (Lipinski definition) is 2. The van der Waals surface area contributed by atoms with Crippen molar-refractivity contribution in [1.82, 2.24) is 4.90 Å². The van der Waals surface area contributed by atoms with Crippen LogP contribution in [0.3, 0.4) is 0 Å². The van der Waals surface area contributed by atoms with Crippen LogP contribution >= 0.6 is 0 Å². The number of morpholine rings is 1. The molecule has 2 bridgehead atoms. The van der Waals surface area contributed by atoms with Gasteiger partial charge in [0.25, 0.3) is 0 Å². The van der Waals surface area contributed by atoms with E-state index >= 15 is 0 Å². The summed E-state index contributed by atoms with van der Waals surface area (Å²) in [5.41, 5.74) is 5.08. The summed E-state index contributed by atoms with van der Waals surface area (Å²) in [6.07, 6.45) is 2.26. The predicted octanol–water partition coefficient (Wildman–Crippen LogP) is 7.62. The average molecular weight is 672 g/mol. The Morgan fingerprint density at radius 1 is 0.917 bits per heavy atom. The molecule has 9 nitrogen and oxygen atoms in total. The number of amides is 2. The van der Waals surface area contributed by atoms with Crippen molar-refractivity contribution in [2.45, 2.75) is 102 Å². The van der Waals surface area contributed by atoms with Crippen LogP contribution < -0.4 is 15.4 Å². The smallest absolute Gasteiger partial charge is 0.411 e. The van der Waals surface area contributed by atoms with E-state index in [2.05, 4.69) is 56.4 Å². The number of carbonyl (C=O) groups excluding carboxylic acids is 2. The van der Waals surface area contributed by atoms with Crippen molar-refractivity contribution < 1.29 is 28.2 Å². The number of ether oxygens (including phenoxy) is 3. The highest BCUT2D eigenvalue weighted by Crippen LogP contribution is 2.48. The quantitative estimate of drug-likeness (QED) is 0.160. The molecular weight excluding hydrogens is 623 g/mol. The molecule has 3 fully saturated rings. The summed E-state index contributed by atoms with van der Waals surface area (Å²) in [6, 6.07) is 22.2. The highest BCUT2D eigenvalue weighted by Gasteiger charge is 2.62. The number of piperidine rings is 1. The normalized spacial score (nSPS) is 23.3. The van der Waals surface area contributed by atoms with E-state index in [4.69, 9.17) is 18.6 Å². The molecule has 48 heavy (non-hydrogen) atoms. The van der Waals surface area contributed by atoms with Crippen LogP contribution in [-0.4, -0.2) is 69.8 Å². The summed E-state index contributed by atoms with van der Waals surface area (Å²) in [7, 11) is 1.84. The van der Waals surface area contributed by atoms with E-state index < -0.39 is 14.4 Å². The van der Waals surface area contributed by atoms with Gasteiger partial charge in [-0.25, -0.2) is 4.79 Å². The molecule has 0 radical (unpaired) electrons. The molecular formula is C38H49N3O6Si. The highest BCUT2D eigenvalue weighted by atomic mass is 28.4. The van der Waals surface area contributed by atoms with Crippen molar-refractivity contribution in [1.29, 1.82) is 0 Å². The lowest BCUT2D eigenvalue weighted by molar-refractivity contribution is -0.116. The second kappa shape index (κ2) is 13.7. The molecule has 2 N–H and O–H groups in total. The van der Waals surface area contributed by atoms with Crippen LogP contribution in [0.15, 0.2) is 66.7 Å². The van der Waals surface area contributed by atoms with Gasteiger partial charge in [0, 0.05) is 36.9 Å². The monoisotopic (exact) mass is 671 g/mol. The number of methoxy groups -OCH3 is 1. The van der Waals surface area contributed by atoms with Gasteiger partial charge in [-0.15, -0.1) is 0 Å². The van der Waals surface area contributed by atoms with E-state index in [1.807, 2.05) is 66.7 Å². The number of fused-ring (bicyclic) bond motifs is 5. The number of epoxide rings is 1. The largest absolute Gasteiger partial charge is 0.495 e. The molecule has 3 saturated heterocycles. The van der Waals surface area contributed by atoms with Gasteiger partial charge in [-0.2, -0.15) is 0 Å². The molecule has 3 aliphatic rings. The zero-order valence-electron chi connectivity index (χ0n) is 29.2. The van der Waals surface area contributed by atoms with Gasteiger partial charge in [-0.1, -0.05) is 69.3 Å². The molecule has 256 valence electrons. The summed E-state index contributed by atoms with van der Waals surface area (Å²) >= 11 is 0. The Labute approximate surface area is 285 Å². The fraction of sp³-hybridized carbons (Fsp3) is 0.474. The molecule has 0 aromatic heterocycles. The van der Waals surface area contributed by atoms with Gasteiger partial charge in [-0.3, -0.25) is 15.0 Å². The zero-order valence-corrected chi connectivity index (χ0v) is 30.2. The number of anilines is 2. The predicted molar refractivity (Wildman–Crippen MR) is 191 cm³/mol. The van der Waals surface area contributed by atoms with Gasteiger partial charge in [0.2, 0.25) is 5.91 Å². The summed E-state index contributed by atoms with van der Waals surface area (Å²) in [6.45, 7) is 11.6. The van der Waals surface area contributed by atoms with Crippen molar-refractivity contribution >= 4 is 31.7 Å². The molecule has 3 aliphatic heterocycles. The van der Waals surface area contributed by atoms with Crippen molar-refractivity contribution in [2.75, 3.05) is 24.8 Å². The Balaban J connectivity index is 1.08. The topological polar surface area (TPSA) is 102 Å². The summed E-state index contributed by atoms with van der Waals surface area (Å²) < 4.78 is 23.7. The van der Waals surface area contributed by atoms with Crippen LogP contribution in [0, 0.1) is 0 Å². The van der Waals surface area contributed by atoms with Crippen molar-refractivity contribution in [3.63, 3.8) is 0 Å². The fourth-order valence-electron chi connectivity index (χ4n) is 6.69. The number of benzene rings is 3. The van der Waals surface area contributed by atoms with Crippen LogP contribution in [0.5, 0.6) is 5.75 Å². The molecule has 10 heteroatoms. The number of nitrogens with one attached hydrogen (secondary N) is 2. The maximum Gasteiger partial charge on any atom is 0.411 e. The van der Waals surface area contributed by atoms with Crippen molar-refractivity contribution in [3.05, 3.63) is 77.9 Å². The van der Waals surface area contributed by atoms with E-state index in [-0.39, 0.29) is 35.7 Å². The molecule has 3 aromatic rings. The van der Waals surface area contributed by atoms with Crippen molar-refractivity contribution in [3.8, 4) is 16.9 Å². The Morgan fingerprint density at radius 3 is 2.27 bits per heavy atom. The standard InChI is InChI=1S/C38H49N3O6Si/c1-38(2,3)48(6,7)45-23-25-14-17-29(33(20-25)44-5)39-34(42)18-15-24-13-16-28(26-11-9-8-10-12-26)30(19-24)40-37(43)46-27-21-31-35-36(47-35)32(22-27)41(31)4/h8-14,16-17,19-20,27,31-32,35-36H,15,18,21-23H2,1-7H3,(H,39,42)(H,40,43)/t27?,31-,32+,35-,36+. The van der Waals surface area contributed by atoms with Gasteiger partial charge < -0.3 is 24.0 Å². The molecule has 3 aromatic carbocycles. The molecule has 0 spiro atoms. The lowest BCUT2D eigenvalue weighted by Crippen LogP contribution is -2.48. The van der Waals surface area contributed by atoms with E-state index in [9.17, 15) is 9.59 Å². The average Bonchev–Trinajstić information content (AvgIpc) is 3.82. The minimum atomic E-state index is -1.90. The third-order valence-corrected chi connectivity index (χ3v) is 15.1. The molecule has 6 rings (SSSR count). The lowest BCUT2D eigenvalue weighted by Gasteiger charge is -2.37. The Morgan fingerprint density at radius 2 is 1.60 bits per heavy atom. The maximum atomic E-state index is 13.2. The number of carbonyl (C=O) groups is 2.